The van der Waals surface area contributed by atoms with Gasteiger partial charge in [-0.15, -0.1) is 0 Å². The molecule has 0 bridgehead atoms. The fourth-order valence-electron chi connectivity index (χ4n) is 1.95. The molecule has 1 heterocycles. The number of rotatable bonds is 4. The molecule has 0 aliphatic carbocycles. The second-order valence-corrected chi connectivity index (χ2v) is 5.77. The molecule has 1 aromatic carbocycles. The van der Waals surface area contributed by atoms with Gasteiger partial charge in [-0.05, 0) is 19.1 Å². The van der Waals surface area contributed by atoms with E-state index >= 15 is 0 Å². The van der Waals surface area contributed by atoms with E-state index in [1.54, 1.807) is 6.92 Å². The molecule has 1 fully saturated rings. The Hall–Kier alpha value is -1.83. The van der Waals surface area contributed by atoms with Crippen LogP contribution < -0.4 is 5.32 Å². The quantitative estimate of drug-likeness (QED) is 0.644. The number of hydrogen-bond donors (Lipinski definition) is 1. The normalized spacial score (nSPS) is 14.7. The Morgan fingerprint density at radius 3 is 2.04 bits per heavy atom. The number of amides is 5. The Bertz CT molecular complexity index is 699. The summed E-state index contributed by atoms with van der Waals surface area (Å²) in [5, 5.41) is 2.86. The first-order chi connectivity index (χ1) is 10.8. The fraction of sp³-hybridized carbons (Fsp3) is 0.231. The summed E-state index contributed by atoms with van der Waals surface area (Å²) >= 11 is 17.6. The number of hydrogen-bond acceptors (Lipinski definition) is 4. The number of anilines is 1. The second-order valence-electron chi connectivity index (χ2n) is 4.52. The predicted octanol–water partition coefficient (Wildman–Crippen LogP) is 2.40. The zero-order valence-electron chi connectivity index (χ0n) is 11.7. The van der Waals surface area contributed by atoms with E-state index in [1.807, 2.05) is 0 Å². The van der Waals surface area contributed by atoms with Gasteiger partial charge in [0.25, 0.3) is 0 Å². The van der Waals surface area contributed by atoms with Gasteiger partial charge in [-0.2, -0.15) is 0 Å². The number of imide groups is 2. The molecule has 1 aromatic rings. The van der Waals surface area contributed by atoms with Crippen LogP contribution in [0.3, 0.4) is 0 Å². The lowest BCUT2D eigenvalue weighted by Gasteiger charge is -2.15. The molecule has 0 spiro atoms. The molecule has 122 valence electrons. The standard InChI is InChI=1S/C13H10Cl3N3O4/c1-2-18-11(21)12(22)19(13(18)23)5-9(20)17-10-7(15)3-6(14)4-8(10)16/h3-4H,2,5H2,1H3,(H,17,20). The summed E-state index contributed by atoms with van der Waals surface area (Å²) in [6.45, 7) is 0.950. The lowest BCUT2D eigenvalue weighted by Crippen LogP contribution is -2.39. The molecule has 1 saturated heterocycles. The maximum absolute atomic E-state index is 12.0. The number of likely N-dealkylation sites (N-methyl/N-ethyl adjacent to an activating group) is 1. The third-order valence-electron chi connectivity index (χ3n) is 3.02. The van der Waals surface area contributed by atoms with E-state index in [4.69, 9.17) is 34.8 Å². The lowest BCUT2D eigenvalue weighted by atomic mass is 10.3. The third kappa shape index (κ3) is 3.41. The first-order valence-electron chi connectivity index (χ1n) is 6.38. The van der Waals surface area contributed by atoms with Crippen molar-refractivity contribution in [2.45, 2.75) is 6.92 Å². The highest BCUT2D eigenvalue weighted by Gasteiger charge is 2.44. The van der Waals surface area contributed by atoms with Gasteiger partial charge in [0.05, 0.1) is 15.7 Å². The van der Waals surface area contributed by atoms with E-state index in [1.165, 1.54) is 12.1 Å². The molecule has 7 nitrogen and oxygen atoms in total. The Labute approximate surface area is 146 Å². The molecule has 2 rings (SSSR count). The van der Waals surface area contributed by atoms with Crippen molar-refractivity contribution in [3.8, 4) is 0 Å². The number of halogens is 3. The van der Waals surface area contributed by atoms with E-state index < -0.39 is 30.3 Å². The van der Waals surface area contributed by atoms with Crippen LogP contribution in [0.25, 0.3) is 0 Å². The molecular formula is C13H10Cl3N3O4. The van der Waals surface area contributed by atoms with Gasteiger partial charge in [-0.1, -0.05) is 34.8 Å². The van der Waals surface area contributed by atoms with Crippen LogP contribution in [-0.4, -0.2) is 46.6 Å². The summed E-state index contributed by atoms with van der Waals surface area (Å²) in [6, 6.07) is 1.91. The summed E-state index contributed by atoms with van der Waals surface area (Å²) in [6.07, 6.45) is 0. The van der Waals surface area contributed by atoms with Crippen molar-refractivity contribution in [2.75, 3.05) is 18.4 Å². The molecule has 0 atom stereocenters. The van der Waals surface area contributed by atoms with Crippen LogP contribution in [0.5, 0.6) is 0 Å². The monoisotopic (exact) mass is 377 g/mol. The minimum absolute atomic E-state index is 0.0381. The molecule has 5 amide bonds. The van der Waals surface area contributed by atoms with Crippen molar-refractivity contribution in [1.29, 1.82) is 0 Å². The van der Waals surface area contributed by atoms with Crippen molar-refractivity contribution in [3.63, 3.8) is 0 Å². The minimum Gasteiger partial charge on any atom is -0.322 e. The summed E-state index contributed by atoms with van der Waals surface area (Å²) in [5.74, 6) is -2.75. The fourth-order valence-corrected chi connectivity index (χ4v) is 2.86. The number of nitrogens with one attached hydrogen (secondary N) is 1. The molecule has 10 heteroatoms. The molecule has 0 saturated carbocycles. The lowest BCUT2D eigenvalue weighted by molar-refractivity contribution is -0.143. The number of benzene rings is 1. The first kappa shape index (κ1) is 17.5. The summed E-state index contributed by atoms with van der Waals surface area (Å²) in [7, 11) is 0. The highest BCUT2D eigenvalue weighted by atomic mass is 35.5. The van der Waals surface area contributed by atoms with E-state index in [2.05, 4.69) is 5.32 Å². The molecule has 1 N–H and O–H groups in total. The Morgan fingerprint density at radius 2 is 1.57 bits per heavy atom. The minimum atomic E-state index is -1.06. The largest absolute Gasteiger partial charge is 0.334 e. The highest BCUT2D eigenvalue weighted by Crippen LogP contribution is 2.33. The van der Waals surface area contributed by atoms with Gasteiger partial charge in [0, 0.05) is 11.6 Å². The van der Waals surface area contributed by atoms with Crippen LogP contribution in [0.2, 0.25) is 15.1 Å². The smallest absolute Gasteiger partial charge is 0.322 e. The van der Waals surface area contributed by atoms with Crippen LogP contribution in [0.15, 0.2) is 12.1 Å². The van der Waals surface area contributed by atoms with Gasteiger partial charge in [-0.3, -0.25) is 19.3 Å². The topological polar surface area (TPSA) is 86.8 Å². The van der Waals surface area contributed by atoms with E-state index in [0.717, 1.165) is 4.90 Å². The van der Waals surface area contributed by atoms with Crippen molar-refractivity contribution < 1.29 is 19.2 Å². The average Bonchev–Trinajstić information content (AvgIpc) is 2.66. The van der Waals surface area contributed by atoms with Crippen molar-refractivity contribution >= 4 is 64.2 Å². The van der Waals surface area contributed by atoms with Gasteiger partial charge >= 0.3 is 17.8 Å². The van der Waals surface area contributed by atoms with Crippen molar-refractivity contribution in [1.82, 2.24) is 9.80 Å². The molecule has 1 aliphatic heterocycles. The van der Waals surface area contributed by atoms with Gasteiger partial charge in [-0.25, -0.2) is 9.69 Å². The Morgan fingerprint density at radius 1 is 1.04 bits per heavy atom. The zero-order chi connectivity index (χ0) is 17.3. The Balaban J connectivity index is 2.13. The maximum Gasteiger partial charge on any atom is 0.334 e. The van der Waals surface area contributed by atoms with E-state index in [-0.39, 0.29) is 27.3 Å². The van der Waals surface area contributed by atoms with Gasteiger partial charge in [0.1, 0.15) is 6.54 Å². The van der Waals surface area contributed by atoms with E-state index in [9.17, 15) is 19.2 Å². The molecular weight excluding hydrogens is 369 g/mol. The van der Waals surface area contributed by atoms with Gasteiger partial charge in [0.15, 0.2) is 0 Å². The average molecular weight is 379 g/mol. The number of nitrogens with zero attached hydrogens (tertiary/aromatic N) is 2. The van der Waals surface area contributed by atoms with E-state index in [0.29, 0.717) is 4.90 Å². The summed E-state index contributed by atoms with van der Waals surface area (Å²) < 4.78 is 0. The molecule has 0 unspecified atom stereocenters. The van der Waals surface area contributed by atoms with Gasteiger partial charge in [0.2, 0.25) is 5.91 Å². The molecule has 23 heavy (non-hydrogen) atoms. The van der Waals surface area contributed by atoms with Crippen molar-refractivity contribution in [2.24, 2.45) is 0 Å². The highest BCUT2D eigenvalue weighted by molar-refractivity contribution is 6.45. The summed E-state index contributed by atoms with van der Waals surface area (Å²) in [4.78, 5) is 48.5. The molecule has 0 aromatic heterocycles. The maximum atomic E-state index is 12.0. The van der Waals surface area contributed by atoms with Crippen LogP contribution in [0.1, 0.15) is 6.92 Å². The van der Waals surface area contributed by atoms with Crippen LogP contribution in [0.4, 0.5) is 10.5 Å². The van der Waals surface area contributed by atoms with Gasteiger partial charge < -0.3 is 5.32 Å². The first-order valence-corrected chi connectivity index (χ1v) is 7.51. The van der Waals surface area contributed by atoms with Crippen LogP contribution >= 0.6 is 34.8 Å². The second kappa shape index (κ2) is 6.74. The predicted molar refractivity (Wildman–Crippen MR) is 84.6 cm³/mol. The Kier molecular flexibility index (Phi) is 5.13. The molecule has 1 aliphatic rings. The number of carbonyl (C=O) groups is 4. The summed E-state index contributed by atoms with van der Waals surface area (Å²) in [5.41, 5.74) is 0.0977. The zero-order valence-corrected chi connectivity index (χ0v) is 14.0. The molecule has 0 radical (unpaired) electrons. The third-order valence-corrected chi connectivity index (χ3v) is 3.84. The number of urea groups is 1. The van der Waals surface area contributed by atoms with Crippen molar-refractivity contribution in [3.05, 3.63) is 27.2 Å². The van der Waals surface area contributed by atoms with Crippen LogP contribution in [-0.2, 0) is 14.4 Å². The SMILES string of the molecule is CCN1C(=O)C(=O)N(CC(=O)Nc2c(Cl)cc(Cl)cc2Cl)C1=O. The van der Waals surface area contributed by atoms with Crippen LogP contribution in [0, 0.1) is 0 Å². The number of carbonyl (C=O) groups excluding carboxylic acids is 4.